The summed E-state index contributed by atoms with van der Waals surface area (Å²) >= 11 is 3.42. The van der Waals surface area contributed by atoms with E-state index in [1.165, 1.54) is 4.90 Å². The van der Waals surface area contributed by atoms with Gasteiger partial charge in [0, 0.05) is 15.8 Å². The molecule has 2 N–H and O–H groups in total. The van der Waals surface area contributed by atoms with E-state index >= 15 is 0 Å². The van der Waals surface area contributed by atoms with Gasteiger partial charge >= 0.3 is 0 Å². The van der Waals surface area contributed by atoms with Crippen LogP contribution >= 0.6 is 23.1 Å². The van der Waals surface area contributed by atoms with Crippen LogP contribution in [0.1, 0.15) is 31.7 Å². The molecule has 2 aromatic rings. The lowest BCUT2D eigenvalue weighted by molar-refractivity contribution is 0.411. The zero-order valence-electron chi connectivity index (χ0n) is 11.6. The Morgan fingerprint density at radius 1 is 1.21 bits per heavy atom. The molecule has 0 aliphatic carbocycles. The highest BCUT2D eigenvalue weighted by Crippen LogP contribution is 2.32. The van der Waals surface area contributed by atoms with E-state index in [1.54, 1.807) is 23.1 Å². The molecule has 19 heavy (non-hydrogen) atoms. The minimum Gasteiger partial charge on any atom is -0.319 e. The number of nitrogens with zero attached hydrogens (tertiary/aromatic N) is 1. The third-order valence-corrected chi connectivity index (χ3v) is 5.38. The van der Waals surface area contributed by atoms with Crippen molar-refractivity contribution in [3.63, 3.8) is 0 Å². The molecule has 1 aromatic heterocycles. The highest BCUT2D eigenvalue weighted by Gasteiger charge is 2.26. The molecule has 0 atom stereocenters. The first kappa shape index (κ1) is 14.6. The Hall–Kier alpha value is -0.840. The van der Waals surface area contributed by atoms with Gasteiger partial charge in [-0.15, -0.1) is 23.1 Å². The number of rotatable bonds is 5. The molecule has 1 aromatic carbocycles. The van der Waals surface area contributed by atoms with Gasteiger partial charge in [0.05, 0.1) is 11.2 Å². The zero-order chi connectivity index (χ0) is 13.9. The van der Waals surface area contributed by atoms with Crippen molar-refractivity contribution < 1.29 is 0 Å². The van der Waals surface area contributed by atoms with E-state index in [2.05, 4.69) is 49.7 Å². The number of hydrogen-bond donors (Lipinski definition) is 1. The topological polar surface area (TPSA) is 38.9 Å². The molecule has 4 heteroatoms. The number of benzene rings is 1. The van der Waals surface area contributed by atoms with Crippen LogP contribution in [-0.4, -0.2) is 11.2 Å². The number of hydrogen-bond acceptors (Lipinski definition) is 4. The van der Waals surface area contributed by atoms with E-state index in [-0.39, 0.29) is 5.54 Å². The molecule has 2 rings (SSSR count). The van der Waals surface area contributed by atoms with E-state index in [0.717, 1.165) is 29.1 Å². The van der Waals surface area contributed by atoms with Gasteiger partial charge in [0.1, 0.15) is 5.01 Å². The fraction of sp³-hybridized carbons (Fsp3) is 0.400. The lowest BCUT2D eigenvalue weighted by atomic mass is 9.95. The number of thioether (sulfide) groups is 1. The molecule has 0 bridgehead atoms. The Balaban J connectivity index is 2.29. The van der Waals surface area contributed by atoms with Crippen LogP contribution in [0.15, 0.2) is 34.5 Å². The minimum atomic E-state index is -0.276. The summed E-state index contributed by atoms with van der Waals surface area (Å²) in [5.41, 5.74) is 8.32. The molecular formula is C15H20N2S2. The van der Waals surface area contributed by atoms with Crippen LogP contribution < -0.4 is 5.73 Å². The van der Waals surface area contributed by atoms with E-state index in [9.17, 15) is 0 Å². The summed E-state index contributed by atoms with van der Waals surface area (Å²) < 4.78 is 0. The van der Waals surface area contributed by atoms with E-state index in [1.807, 2.05) is 0 Å². The molecule has 2 nitrogen and oxygen atoms in total. The van der Waals surface area contributed by atoms with Crippen molar-refractivity contribution in [1.82, 2.24) is 4.98 Å². The molecule has 0 amide bonds. The van der Waals surface area contributed by atoms with Gasteiger partial charge in [-0.25, -0.2) is 4.98 Å². The van der Waals surface area contributed by atoms with Crippen molar-refractivity contribution in [3.8, 4) is 11.3 Å². The highest BCUT2D eigenvalue weighted by atomic mass is 32.2. The zero-order valence-corrected chi connectivity index (χ0v) is 13.3. The minimum absolute atomic E-state index is 0.276. The van der Waals surface area contributed by atoms with Crippen molar-refractivity contribution in [2.75, 3.05) is 6.26 Å². The monoisotopic (exact) mass is 292 g/mol. The van der Waals surface area contributed by atoms with Crippen molar-refractivity contribution >= 4 is 23.1 Å². The van der Waals surface area contributed by atoms with Crippen LogP contribution in [0.25, 0.3) is 11.3 Å². The third-order valence-electron chi connectivity index (χ3n) is 3.58. The van der Waals surface area contributed by atoms with Gasteiger partial charge in [-0.1, -0.05) is 26.0 Å². The second-order valence-corrected chi connectivity index (χ2v) is 6.37. The lowest BCUT2D eigenvalue weighted by Crippen LogP contribution is -2.34. The van der Waals surface area contributed by atoms with E-state index in [0.29, 0.717) is 0 Å². The van der Waals surface area contributed by atoms with Gasteiger partial charge in [-0.3, -0.25) is 0 Å². The van der Waals surface area contributed by atoms with Gasteiger partial charge in [-0.2, -0.15) is 0 Å². The van der Waals surface area contributed by atoms with Crippen molar-refractivity contribution in [2.45, 2.75) is 37.1 Å². The predicted octanol–water partition coefficient (Wildman–Crippen LogP) is 4.51. The summed E-state index contributed by atoms with van der Waals surface area (Å²) in [6.45, 7) is 4.25. The van der Waals surface area contributed by atoms with Crippen LogP contribution in [0, 0.1) is 0 Å². The second-order valence-electron chi connectivity index (χ2n) is 4.63. The highest BCUT2D eigenvalue weighted by molar-refractivity contribution is 7.98. The first-order valence-electron chi connectivity index (χ1n) is 6.52. The average Bonchev–Trinajstić information content (AvgIpc) is 2.97. The fourth-order valence-corrected chi connectivity index (χ4v) is 3.44. The average molecular weight is 292 g/mol. The molecule has 0 radical (unpaired) electrons. The van der Waals surface area contributed by atoms with Gasteiger partial charge in [-0.05, 0) is 31.2 Å². The van der Waals surface area contributed by atoms with Crippen molar-refractivity contribution in [2.24, 2.45) is 5.73 Å². The maximum absolute atomic E-state index is 6.40. The van der Waals surface area contributed by atoms with Gasteiger partial charge < -0.3 is 5.73 Å². The normalized spacial score (nSPS) is 11.8. The number of thiazole rings is 1. The first-order chi connectivity index (χ1) is 9.12. The molecule has 0 aliphatic rings. The summed E-state index contributed by atoms with van der Waals surface area (Å²) in [6, 6.07) is 8.52. The van der Waals surface area contributed by atoms with Gasteiger partial charge in [0.15, 0.2) is 0 Å². The molecule has 0 saturated carbocycles. The Labute approximate surface area is 123 Å². The molecule has 0 unspecified atom stereocenters. The molecule has 102 valence electrons. The molecule has 0 fully saturated rings. The molecule has 1 heterocycles. The third kappa shape index (κ3) is 3.02. The lowest BCUT2D eigenvalue weighted by Gasteiger charge is -2.23. The molecular weight excluding hydrogens is 272 g/mol. The predicted molar refractivity (Wildman–Crippen MR) is 85.8 cm³/mol. The van der Waals surface area contributed by atoms with Crippen LogP contribution in [0.2, 0.25) is 0 Å². The van der Waals surface area contributed by atoms with Crippen LogP contribution in [0.5, 0.6) is 0 Å². The summed E-state index contributed by atoms with van der Waals surface area (Å²) in [4.78, 5) is 6.01. The maximum Gasteiger partial charge on any atom is 0.113 e. The Kier molecular flexibility index (Phi) is 4.66. The molecule has 0 saturated heterocycles. The maximum atomic E-state index is 6.40. The summed E-state index contributed by atoms with van der Waals surface area (Å²) in [7, 11) is 0. The van der Waals surface area contributed by atoms with Gasteiger partial charge in [0.25, 0.3) is 0 Å². The number of aromatic nitrogens is 1. The summed E-state index contributed by atoms with van der Waals surface area (Å²) in [6.07, 6.45) is 3.92. The summed E-state index contributed by atoms with van der Waals surface area (Å²) in [5, 5.41) is 3.15. The van der Waals surface area contributed by atoms with E-state index < -0.39 is 0 Å². The standard InChI is InChI=1S/C15H20N2S2/c1-4-15(16,5-2)14-17-13(10-19-14)11-6-8-12(18-3)9-7-11/h6-10H,4-5,16H2,1-3H3. The molecule has 0 spiro atoms. The van der Waals surface area contributed by atoms with Crippen molar-refractivity contribution in [1.29, 1.82) is 0 Å². The first-order valence-corrected chi connectivity index (χ1v) is 8.62. The van der Waals surface area contributed by atoms with Crippen LogP contribution in [0.3, 0.4) is 0 Å². The second kappa shape index (κ2) is 6.07. The smallest absolute Gasteiger partial charge is 0.113 e. The Morgan fingerprint density at radius 2 is 1.84 bits per heavy atom. The molecule has 0 aliphatic heterocycles. The quantitative estimate of drug-likeness (QED) is 0.824. The van der Waals surface area contributed by atoms with Crippen molar-refractivity contribution in [3.05, 3.63) is 34.7 Å². The number of nitrogens with two attached hydrogens (primary N) is 1. The van der Waals surface area contributed by atoms with Gasteiger partial charge in [0.2, 0.25) is 0 Å². The Morgan fingerprint density at radius 3 is 2.37 bits per heavy atom. The largest absolute Gasteiger partial charge is 0.319 e. The van der Waals surface area contributed by atoms with E-state index in [4.69, 9.17) is 10.7 Å². The van der Waals surface area contributed by atoms with Crippen LogP contribution in [-0.2, 0) is 5.54 Å². The SMILES string of the molecule is CCC(N)(CC)c1nc(-c2ccc(SC)cc2)cs1. The fourth-order valence-electron chi connectivity index (χ4n) is 1.95. The summed E-state index contributed by atoms with van der Waals surface area (Å²) in [5.74, 6) is 0. The van der Waals surface area contributed by atoms with Crippen LogP contribution in [0.4, 0.5) is 0 Å². The Bertz CT molecular complexity index is 527.